The molecule has 0 aliphatic carbocycles. The average Bonchev–Trinajstić information content (AvgIpc) is 2.92. The molecule has 1 fully saturated rings. The summed E-state index contributed by atoms with van der Waals surface area (Å²) in [6, 6.07) is 13.6. The van der Waals surface area contributed by atoms with Crippen LogP contribution in [-0.4, -0.2) is 28.5 Å². The standard InChI is InChI=1S/C24H26N2O3S/c1-15-7-6-8-16(2)21(15)25-20(27)14-26-22(28)19(30-23(26)29)13-17-9-11-18(12-10-17)24(3,4)5/h6-13H,14H2,1-5H3,(H,25,27)/b19-13-. The maximum atomic E-state index is 12.7. The zero-order chi connectivity index (χ0) is 22.1. The Hall–Kier alpha value is -2.86. The van der Waals surface area contributed by atoms with Crippen molar-refractivity contribution in [2.75, 3.05) is 11.9 Å². The summed E-state index contributed by atoms with van der Waals surface area (Å²) in [5.74, 6) is -0.841. The molecule has 30 heavy (non-hydrogen) atoms. The first kappa shape index (κ1) is 21.8. The molecule has 1 aliphatic heterocycles. The lowest BCUT2D eigenvalue weighted by atomic mass is 9.87. The molecule has 1 heterocycles. The van der Waals surface area contributed by atoms with Crippen molar-refractivity contribution < 1.29 is 14.4 Å². The fourth-order valence-electron chi connectivity index (χ4n) is 3.20. The molecule has 0 spiro atoms. The van der Waals surface area contributed by atoms with E-state index in [4.69, 9.17) is 0 Å². The summed E-state index contributed by atoms with van der Waals surface area (Å²) in [6.07, 6.45) is 1.70. The van der Waals surface area contributed by atoms with Crippen LogP contribution in [0.1, 0.15) is 43.0 Å². The number of aryl methyl sites for hydroxylation is 2. The number of imide groups is 1. The van der Waals surface area contributed by atoms with Gasteiger partial charge < -0.3 is 5.32 Å². The van der Waals surface area contributed by atoms with Gasteiger partial charge in [0.05, 0.1) is 4.91 Å². The van der Waals surface area contributed by atoms with E-state index in [2.05, 4.69) is 26.1 Å². The van der Waals surface area contributed by atoms with Crippen LogP contribution in [0.2, 0.25) is 0 Å². The highest BCUT2D eigenvalue weighted by Crippen LogP contribution is 2.32. The predicted octanol–water partition coefficient (Wildman–Crippen LogP) is 5.28. The van der Waals surface area contributed by atoms with E-state index in [0.717, 1.165) is 33.4 Å². The first-order valence-electron chi connectivity index (χ1n) is 9.78. The van der Waals surface area contributed by atoms with E-state index in [1.165, 1.54) is 5.56 Å². The summed E-state index contributed by atoms with van der Waals surface area (Å²) in [5, 5.41) is 2.38. The lowest BCUT2D eigenvalue weighted by Crippen LogP contribution is -2.36. The van der Waals surface area contributed by atoms with E-state index in [1.54, 1.807) is 6.08 Å². The zero-order valence-corrected chi connectivity index (χ0v) is 18.7. The number of carbonyl (C=O) groups excluding carboxylic acids is 3. The number of hydrogen-bond acceptors (Lipinski definition) is 4. The first-order chi connectivity index (χ1) is 14.1. The van der Waals surface area contributed by atoms with Crippen molar-refractivity contribution in [2.24, 2.45) is 0 Å². The molecule has 3 amide bonds. The lowest BCUT2D eigenvalue weighted by molar-refractivity contribution is -0.127. The molecule has 0 saturated carbocycles. The fourth-order valence-corrected chi connectivity index (χ4v) is 4.04. The van der Waals surface area contributed by atoms with E-state index in [0.29, 0.717) is 10.6 Å². The minimum Gasteiger partial charge on any atom is -0.324 e. The number of nitrogens with zero attached hydrogens (tertiary/aromatic N) is 1. The van der Waals surface area contributed by atoms with Crippen molar-refractivity contribution in [1.82, 2.24) is 4.90 Å². The Labute approximate surface area is 181 Å². The Kier molecular flexibility index (Phi) is 6.17. The van der Waals surface area contributed by atoms with Gasteiger partial charge in [-0.3, -0.25) is 19.3 Å². The third-order valence-electron chi connectivity index (χ3n) is 5.00. The maximum Gasteiger partial charge on any atom is 0.294 e. The molecular weight excluding hydrogens is 396 g/mol. The van der Waals surface area contributed by atoms with Crippen LogP contribution in [0, 0.1) is 13.8 Å². The monoisotopic (exact) mass is 422 g/mol. The third-order valence-corrected chi connectivity index (χ3v) is 5.90. The second-order valence-corrected chi connectivity index (χ2v) is 9.45. The summed E-state index contributed by atoms with van der Waals surface area (Å²) in [4.78, 5) is 38.8. The van der Waals surface area contributed by atoms with Crippen molar-refractivity contribution in [3.8, 4) is 0 Å². The van der Waals surface area contributed by atoms with Gasteiger partial charge in [0, 0.05) is 5.69 Å². The number of benzene rings is 2. The van der Waals surface area contributed by atoms with Crippen molar-refractivity contribution >= 4 is 40.6 Å². The molecule has 6 heteroatoms. The second-order valence-electron chi connectivity index (χ2n) is 8.45. The molecule has 5 nitrogen and oxygen atoms in total. The Morgan fingerprint density at radius 3 is 2.20 bits per heavy atom. The highest BCUT2D eigenvalue weighted by molar-refractivity contribution is 8.18. The highest BCUT2D eigenvalue weighted by Gasteiger charge is 2.36. The van der Waals surface area contributed by atoms with Crippen LogP contribution in [0.3, 0.4) is 0 Å². The van der Waals surface area contributed by atoms with Gasteiger partial charge in [0.1, 0.15) is 6.54 Å². The number of thioether (sulfide) groups is 1. The van der Waals surface area contributed by atoms with Crippen molar-refractivity contribution in [1.29, 1.82) is 0 Å². The minimum absolute atomic E-state index is 0.0409. The smallest absolute Gasteiger partial charge is 0.294 e. The summed E-state index contributed by atoms with van der Waals surface area (Å²) < 4.78 is 0. The molecule has 1 N–H and O–H groups in total. The van der Waals surface area contributed by atoms with Crippen LogP contribution in [-0.2, 0) is 15.0 Å². The normalized spacial score (nSPS) is 15.8. The van der Waals surface area contributed by atoms with Crippen LogP contribution in [0.4, 0.5) is 10.5 Å². The van der Waals surface area contributed by atoms with Gasteiger partial charge in [-0.2, -0.15) is 0 Å². The molecule has 0 atom stereocenters. The Morgan fingerprint density at radius 1 is 1.03 bits per heavy atom. The van der Waals surface area contributed by atoms with Gasteiger partial charge in [0.25, 0.3) is 11.1 Å². The van der Waals surface area contributed by atoms with Gasteiger partial charge >= 0.3 is 0 Å². The Morgan fingerprint density at radius 2 is 1.63 bits per heavy atom. The minimum atomic E-state index is -0.443. The molecule has 2 aromatic rings. The molecule has 0 radical (unpaired) electrons. The average molecular weight is 423 g/mol. The Bertz CT molecular complexity index is 1010. The third kappa shape index (κ3) is 4.82. The van der Waals surface area contributed by atoms with E-state index < -0.39 is 17.1 Å². The zero-order valence-electron chi connectivity index (χ0n) is 17.9. The van der Waals surface area contributed by atoms with E-state index in [-0.39, 0.29) is 12.0 Å². The number of rotatable bonds is 4. The molecule has 0 unspecified atom stereocenters. The van der Waals surface area contributed by atoms with Crippen LogP contribution < -0.4 is 5.32 Å². The van der Waals surface area contributed by atoms with Crippen molar-refractivity contribution in [3.05, 3.63) is 69.6 Å². The molecule has 156 valence electrons. The van der Waals surface area contributed by atoms with Crippen molar-refractivity contribution in [2.45, 2.75) is 40.0 Å². The van der Waals surface area contributed by atoms with Gasteiger partial charge in [0.2, 0.25) is 5.91 Å². The summed E-state index contributed by atoms with van der Waals surface area (Å²) in [7, 11) is 0. The highest BCUT2D eigenvalue weighted by atomic mass is 32.2. The van der Waals surface area contributed by atoms with Crippen LogP contribution in [0.15, 0.2) is 47.4 Å². The van der Waals surface area contributed by atoms with E-state index >= 15 is 0 Å². The number of hydrogen-bond donors (Lipinski definition) is 1. The number of amides is 3. The van der Waals surface area contributed by atoms with Crippen LogP contribution in [0.5, 0.6) is 0 Å². The first-order valence-corrected chi connectivity index (χ1v) is 10.6. The Balaban J connectivity index is 1.71. The number of para-hydroxylation sites is 1. The molecule has 1 saturated heterocycles. The SMILES string of the molecule is Cc1cccc(C)c1NC(=O)CN1C(=O)S/C(=C\c2ccc(C(C)(C)C)cc2)C1=O. The van der Waals surface area contributed by atoms with E-state index in [9.17, 15) is 14.4 Å². The summed E-state index contributed by atoms with van der Waals surface area (Å²) in [5.41, 5.74) is 4.64. The van der Waals surface area contributed by atoms with Crippen molar-refractivity contribution in [3.63, 3.8) is 0 Å². The molecule has 1 aliphatic rings. The summed E-state index contributed by atoms with van der Waals surface area (Å²) >= 11 is 0.860. The largest absolute Gasteiger partial charge is 0.324 e. The lowest BCUT2D eigenvalue weighted by Gasteiger charge is -2.18. The maximum absolute atomic E-state index is 12.7. The predicted molar refractivity (Wildman–Crippen MR) is 122 cm³/mol. The topological polar surface area (TPSA) is 66.5 Å². The molecule has 0 aromatic heterocycles. The van der Waals surface area contributed by atoms with Gasteiger partial charge in [-0.05, 0) is 59.4 Å². The van der Waals surface area contributed by atoms with Crippen LogP contribution in [0.25, 0.3) is 6.08 Å². The van der Waals surface area contributed by atoms with Gasteiger partial charge in [-0.25, -0.2) is 0 Å². The summed E-state index contributed by atoms with van der Waals surface area (Å²) in [6.45, 7) is 9.90. The number of carbonyl (C=O) groups is 3. The molecule has 2 aromatic carbocycles. The number of nitrogens with one attached hydrogen (secondary N) is 1. The van der Waals surface area contributed by atoms with Gasteiger partial charge in [0.15, 0.2) is 0 Å². The molecule has 0 bridgehead atoms. The van der Waals surface area contributed by atoms with Gasteiger partial charge in [-0.1, -0.05) is 63.2 Å². The second kappa shape index (κ2) is 8.48. The van der Waals surface area contributed by atoms with Crippen LogP contribution >= 0.6 is 11.8 Å². The van der Waals surface area contributed by atoms with E-state index in [1.807, 2.05) is 56.3 Å². The quantitative estimate of drug-likeness (QED) is 0.681. The van der Waals surface area contributed by atoms with Gasteiger partial charge in [-0.15, -0.1) is 0 Å². The fraction of sp³-hybridized carbons (Fsp3) is 0.292. The molecular formula is C24H26N2O3S. The molecule has 3 rings (SSSR count). The number of anilines is 1.